The molecule has 3 atom stereocenters. The van der Waals surface area contributed by atoms with E-state index in [0.29, 0.717) is 12.0 Å². The van der Waals surface area contributed by atoms with Crippen molar-refractivity contribution in [1.29, 1.82) is 0 Å². The summed E-state index contributed by atoms with van der Waals surface area (Å²) in [5.41, 5.74) is 0.0417. The fourth-order valence-corrected chi connectivity index (χ4v) is 4.10. The van der Waals surface area contributed by atoms with Gasteiger partial charge in [-0.1, -0.05) is 26.2 Å². The van der Waals surface area contributed by atoms with Crippen molar-refractivity contribution in [2.75, 3.05) is 6.54 Å². The molecule has 2 fully saturated rings. The number of aliphatic imine (C=N–C) groups is 1. The number of amidine groups is 1. The molecule has 0 N–H and O–H groups in total. The molecule has 1 saturated carbocycles. The van der Waals surface area contributed by atoms with Crippen LogP contribution in [0.15, 0.2) is 4.99 Å². The van der Waals surface area contributed by atoms with E-state index in [1.54, 1.807) is 0 Å². The Bertz CT molecular complexity index is 364. The second kappa shape index (κ2) is 6.71. The smallest absolute Gasteiger partial charge is 0.103 e. The van der Waals surface area contributed by atoms with Crippen LogP contribution in [0.1, 0.15) is 80.1 Å². The minimum Gasteiger partial charge on any atom is -0.358 e. The fraction of sp³-hybridized carbons (Fsp3) is 0.947. The van der Waals surface area contributed by atoms with Gasteiger partial charge in [0.25, 0.3) is 0 Å². The predicted octanol–water partition coefficient (Wildman–Crippen LogP) is 5.13. The van der Waals surface area contributed by atoms with Crippen LogP contribution in [0, 0.1) is 17.8 Å². The van der Waals surface area contributed by atoms with Crippen LogP contribution >= 0.6 is 0 Å². The van der Waals surface area contributed by atoms with E-state index < -0.39 is 0 Å². The van der Waals surface area contributed by atoms with Crippen LogP contribution in [-0.2, 0) is 0 Å². The zero-order chi connectivity index (χ0) is 15.6. The van der Waals surface area contributed by atoms with Crippen molar-refractivity contribution < 1.29 is 0 Å². The second-order valence-electron chi connectivity index (χ2n) is 8.70. The minimum atomic E-state index is 0.0417. The summed E-state index contributed by atoms with van der Waals surface area (Å²) < 4.78 is 0. The summed E-state index contributed by atoms with van der Waals surface area (Å²) in [5.74, 6) is 3.96. The van der Waals surface area contributed by atoms with Crippen LogP contribution in [0.25, 0.3) is 0 Å². The maximum atomic E-state index is 5.19. The average molecular weight is 293 g/mol. The highest BCUT2D eigenvalue weighted by Crippen LogP contribution is 2.38. The van der Waals surface area contributed by atoms with E-state index in [1.807, 2.05) is 0 Å². The van der Waals surface area contributed by atoms with E-state index in [4.69, 9.17) is 4.99 Å². The maximum Gasteiger partial charge on any atom is 0.103 e. The van der Waals surface area contributed by atoms with Crippen LogP contribution < -0.4 is 0 Å². The number of nitrogens with zero attached hydrogens (tertiary/aromatic N) is 2. The first-order valence-electron chi connectivity index (χ1n) is 9.14. The van der Waals surface area contributed by atoms with Gasteiger partial charge in [-0.3, -0.25) is 4.99 Å². The zero-order valence-corrected chi connectivity index (χ0v) is 15.2. The van der Waals surface area contributed by atoms with Gasteiger partial charge in [0.05, 0.1) is 5.54 Å². The van der Waals surface area contributed by atoms with Crippen molar-refractivity contribution in [2.45, 2.75) is 91.6 Å². The van der Waals surface area contributed by atoms with E-state index >= 15 is 0 Å². The second-order valence-corrected chi connectivity index (χ2v) is 8.70. The molecule has 1 heterocycles. The van der Waals surface area contributed by atoms with Gasteiger partial charge >= 0.3 is 0 Å². The van der Waals surface area contributed by atoms with Crippen molar-refractivity contribution in [1.82, 2.24) is 4.90 Å². The fourth-order valence-electron chi connectivity index (χ4n) is 4.10. The third-order valence-corrected chi connectivity index (χ3v) is 5.25. The maximum absolute atomic E-state index is 5.19. The molecule has 2 nitrogen and oxygen atoms in total. The third kappa shape index (κ3) is 4.47. The Morgan fingerprint density at radius 1 is 1.05 bits per heavy atom. The highest BCUT2D eigenvalue weighted by atomic mass is 15.2. The van der Waals surface area contributed by atoms with Crippen LogP contribution in [0.2, 0.25) is 0 Å². The molecule has 3 unspecified atom stereocenters. The Balaban J connectivity index is 2.26. The Labute approximate surface area is 132 Å². The first kappa shape index (κ1) is 16.8. The molecule has 2 heteroatoms. The van der Waals surface area contributed by atoms with Gasteiger partial charge in [0, 0.05) is 18.5 Å². The van der Waals surface area contributed by atoms with Gasteiger partial charge in [-0.2, -0.15) is 0 Å². The summed E-state index contributed by atoms with van der Waals surface area (Å²) in [7, 11) is 0. The Morgan fingerprint density at radius 2 is 1.76 bits per heavy atom. The lowest BCUT2D eigenvalue weighted by Gasteiger charge is -2.45. The molecular weight excluding hydrogens is 256 g/mol. The Morgan fingerprint density at radius 3 is 2.38 bits per heavy atom. The molecule has 2 rings (SSSR count). The summed E-state index contributed by atoms with van der Waals surface area (Å²) in [6, 6.07) is 0.580. The lowest BCUT2D eigenvalue weighted by molar-refractivity contribution is 0.184. The van der Waals surface area contributed by atoms with Crippen molar-refractivity contribution >= 4 is 5.84 Å². The zero-order valence-electron chi connectivity index (χ0n) is 15.2. The lowest BCUT2D eigenvalue weighted by Crippen LogP contribution is -2.50. The van der Waals surface area contributed by atoms with Gasteiger partial charge in [0.15, 0.2) is 0 Å². The van der Waals surface area contributed by atoms with Gasteiger partial charge in [0.1, 0.15) is 5.84 Å². The standard InChI is InChI=1S/C19H36N2/c1-14(2)21-13-12-16-11-10-15(3)8-7-9-17(16)18(21)20-19(4,5)6/h14-17H,7-13H2,1-6H3/b20-18-. The molecule has 0 amide bonds. The number of likely N-dealkylation sites (tertiary alicyclic amines) is 1. The summed E-state index contributed by atoms with van der Waals surface area (Å²) in [6.45, 7) is 15.0. The predicted molar refractivity (Wildman–Crippen MR) is 92.9 cm³/mol. The summed E-state index contributed by atoms with van der Waals surface area (Å²) in [6.07, 6.45) is 8.36. The monoisotopic (exact) mass is 292 g/mol. The molecule has 1 aliphatic heterocycles. The largest absolute Gasteiger partial charge is 0.358 e. The quantitative estimate of drug-likeness (QED) is 0.654. The van der Waals surface area contributed by atoms with Crippen LogP contribution in [0.4, 0.5) is 0 Å². The average Bonchev–Trinajstić information content (AvgIpc) is 2.33. The van der Waals surface area contributed by atoms with Gasteiger partial charge in [-0.05, 0) is 65.7 Å². The van der Waals surface area contributed by atoms with Crippen molar-refractivity contribution in [3.8, 4) is 0 Å². The van der Waals surface area contributed by atoms with Crippen LogP contribution in [-0.4, -0.2) is 28.9 Å². The molecule has 2 aliphatic rings. The van der Waals surface area contributed by atoms with Gasteiger partial charge in [0.2, 0.25) is 0 Å². The molecule has 0 aromatic rings. The van der Waals surface area contributed by atoms with Gasteiger partial charge in [-0.25, -0.2) is 0 Å². The number of rotatable bonds is 1. The highest BCUT2D eigenvalue weighted by molar-refractivity contribution is 5.86. The highest BCUT2D eigenvalue weighted by Gasteiger charge is 2.36. The summed E-state index contributed by atoms with van der Waals surface area (Å²) in [4.78, 5) is 7.78. The molecule has 1 saturated heterocycles. The van der Waals surface area contributed by atoms with Crippen molar-refractivity contribution in [2.24, 2.45) is 22.7 Å². The normalized spacial score (nSPS) is 33.8. The van der Waals surface area contributed by atoms with Crippen LogP contribution in [0.5, 0.6) is 0 Å². The minimum absolute atomic E-state index is 0.0417. The number of piperidine rings is 1. The van der Waals surface area contributed by atoms with Crippen molar-refractivity contribution in [3.05, 3.63) is 0 Å². The summed E-state index contributed by atoms with van der Waals surface area (Å²) in [5, 5.41) is 0. The van der Waals surface area contributed by atoms with Gasteiger partial charge < -0.3 is 4.90 Å². The first-order chi connectivity index (χ1) is 9.78. The number of hydrogen-bond acceptors (Lipinski definition) is 1. The molecule has 21 heavy (non-hydrogen) atoms. The van der Waals surface area contributed by atoms with E-state index in [0.717, 1.165) is 11.8 Å². The first-order valence-corrected chi connectivity index (χ1v) is 9.14. The van der Waals surface area contributed by atoms with E-state index in [1.165, 1.54) is 50.9 Å². The van der Waals surface area contributed by atoms with E-state index in [2.05, 4.69) is 46.4 Å². The van der Waals surface area contributed by atoms with Gasteiger partial charge in [-0.15, -0.1) is 0 Å². The molecule has 122 valence electrons. The molecule has 1 aliphatic carbocycles. The topological polar surface area (TPSA) is 15.6 Å². The Hall–Kier alpha value is -0.530. The Kier molecular flexibility index (Phi) is 5.38. The van der Waals surface area contributed by atoms with Crippen molar-refractivity contribution in [3.63, 3.8) is 0 Å². The lowest BCUT2D eigenvalue weighted by atomic mass is 9.74. The van der Waals surface area contributed by atoms with Crippen LogP contribution in [0.3, 0.4) is 0 Å². The number of fused-ring (bicyclic) bond motifs is 1. The number of hydrogen-bond donors (Lipinski definition) is 0. The molecule has 0 aromatic carbocycles. The third-order valence-electron chi connectivity index (χ3n) is 5.25. The summed E-state index contributed by atoms with van der Waals surface area (Å²) >= 11 is 0. The van der Waals surface area contributed by atoms with E-state index in [9.17, 15) is 0 Å². The van der Waals surface area contributed by atoms with E-state index in [-0.39, 0.29) is 5.54 Å². The molecule has 0 radical (unpaired) electrons. The molecule has 0 spiro atoms. The SMILES string of the molecule is CC1CCCC2/C(=N/C(C)(C)C)N(C(C)C)CCC2CC1. The molecule has 0 aromatic heterocycles. The molecular formula is C19H36N2. The molecule has 0 bridgehead atoms.